The Morgan fingerprint density at radius 1 is 0.439 bits per heavy atom. The maximum absolute atomic E-state index is 15.0. The largest absolute Gasteiger partial charge is 0.463 e. The van der Waals surface area contributed by atoms with E-state index >= 15 is 0 Å². The Morgan fingerprint density at radius 2 is 0.921 bits per heavy atom. The predicted molar refractivity (Wildman–Crippen MR) is 409 cm³/mol. The quantitative estimate of drug-likeness (QED) is 0.0269. The van der Waals surface area contributed by atoms with Crippen molar-refractivity contribution in [2.45, 2.75) is 246 Å². The highest BCUT2D eigenvalue weighted by atomic mass is 16.8. The summed E-state index contributed by atoms with van der Waals surface area (Å²) in [6.45, 7) is 21.5. The Balaban J connectivity index is 0.911. The summed E-state index contributed by atoms with van der Waals surface area (Å²) in [6.07, 6.45) is -14.4. The monoisotopic (exact) mass is 1570 g/mol. The van der Waals surface area contributed by atoms with E-state index in [1.807, 2.05) is 30.3 Å². The van der Waals surface area contributed by atoms with Crippen molar-refractivity contribution in [1.29, 1.82) is 0 Å². The van der Waals surface area contributed by atoms with E-state index in [0.29, 0.717) is 12.8 Å². The van der Waals surface area contributed by atoms with Gasteiger partial charge >= 0.3 is 53.7 Å². The van der Waals surface area contributed by atoms with Crippen LogP contribution >= 0.6 is 0 Å². The lowest BCUT2D eigenvalue weighted by atomic mass is 9.33. The number of allylic oxidation sites excluding steroid dienone is 2. The van der Waals surface area contributed by atoms with E-state index in [2.05, 4.69) is 54.5 Å². The molecule has 0 radical (unpaired) electrons. The van der Waals surface area contributed by atoms with Crippen LogP contribution in [0.4, 0.5) is 0 Å². The average Bonchev–Trinajstić information content (AvgIpc) is 0.674. The molecule has 3 saturated heterocycles. The number of rotatable bonds is 22. The van der Waals surface area contributed by atoms with Gasteiger partial charge in [-0.2, -0.15) is 0 Å². The number of fused-ring (bicyclic) bond motifs is 7. The number of carbonyl (C=O) groups is 9. The van der Waals surface area contributed by atoms with Crippen LogP contribution in [-0.2, 0) is 102 Å². The van der Waals surface area contributed by atoms with E-state index in [1.54, 1.807) is 79.7 Å². The van der Waals surface area contributed by atoms with Gasteiger partial charge in [-0.05, 0) is 170 Å². The van der Waals surface area contributed by atoms with Crippen LogP contribution in [0.15, 0.2) is 163 Å². The van der Waals surface area contributed by atoms with Gasteiger partial charge in [0.2, 0.25) is 0 Å². The lowest BCUT2D eigenvalue weighted by molar-refractivity contribution is -0.387. The Morgan fingerprint density at radius 3 is 1.48 bits per heavy atom. The highest BCUT2D eigenvalue weighted by Crippen LogP contribution is 2.76. The van der Waals surface area contributed by atoms with Crippen molar-refractivity contribution >= 4 is 53.7 Å². The second-order valence-electron chi connectivity index (χ2n) is 34.1. The molecule has 610 valence electrons. The minimum atomic E-state index is -1.97. The van der Waals surface area contributed by atoms with E-state index in [-0.39, 0.29) is 74.2 Å². The van der Waals surface area contributed by atoms with Gasteiger partial charge in [0.05, 0.1) is 46.5 Å². The molecule has 0 aromatic heterocycles. The van der Waals surface area contributed by atoms with Crippen LogP contribution in [0.2, 0.25) is 0 Å². The number of esters is 9. The fourth-order valence-corrected chi connectivity index (χ4v) is 20.3. The van der Waals surface area contributed by atoms with Crippen molar-refractivity contribution < 1.29 is 114 Å². The highest BCUT2D eigenvalue weighted by molar-refractivity contribution is 5.92. The van der Waals surface area contributed by atoms with Crippen LogP contribution in [0.5, 0.6) is 0 Å². The van der Waals surface area contributed by atoms with E-state index < -0.39 is 164 Å². The normalized spacial score (nSPS) is 34.5. The Bertz CT molecular complexity index is 4320. The zero-order valence-electron chi connectivity index (χ0n) is 66.9. The van der Waals surface area contributed by atoms with Crippen LogP contribution < -0.4 is 0 Å². The molecule has 3 aliphatic heterocycles. The molecule has 0 spiro atoms. The molecule has 13 rings (SSSR count). The molecule has 22 atom stereocenters. The second kappa shape index (κ2) is 33.9. The summed E-state index contributed by atoms with van der Waals surface area (Å²) in [4.78, 5) is 127. The van der Waals surface area contributed by atoms with Crippen molar-refractivity contribution in [2.24, 2.45) is 50.2 Å². The van der Waals surface area contributed by atoms with Gasteiger partial charge in [-0.1, -0.05) is 163 Å². The first-order valence-corrected chi connectivity index (χ1v) is 39.8. The van der Waals surface area contributed by atoms with Gasteiger partial charge in [0.1, 0.15) is 31.5 Å². The summed E-state index contributed by atoms with van der Waals surface area (Å²) in [6, 6.07) is 41.9. The number of benzene rings is 5. The van der Waals surface area contributed by atoms with Crippen LogP contribution in [0, 0.1) is 50.2 Å². The molecule has 114 heavy (non-hydrogen) atoms. The van der Waals surface area contributed by atoms with E-state index in [0.717, 1.165) is 84.6 Å². The van der Waals surface area contributed by atoms with Crippen LogP contribution in [0.1, 0.15) is 194 Å². The number of ether oxygens (including phenoxy) is 15. The van der Waals surface area contributed by atoms with Crippen molar-refractivity contribution in [2.75, 3.05) is 13.2 Å². The molecule has 0 unspecified atom stereocenters. The van der Waals surface area contributed by atoms with Crippen molar-refractivity contribution in [3.05, 3.63) is 191 Å². The topological polar surface area (TPSA) is 292 Å². The Kier molecular flexibility index (Phi) is 24.7. The van der Waals surface area contributed by atoms with Crippen molar-refractivity contribution in [1.82, 2.24) is 0 Å². The maximum atomic E-state index is 15.0. The van der Waals surface area contributed by atoms with Crippen LogP contribution in [-0.4, -0.2) is 159 Å². The van der Waals surface area contributed by atoms with E-state index in [4.69, 9.17) is 71.1 Å². The van der Waals surface area contributed by atoms with Gasteiger partial charge in [0, 0.05) is 27.7 Å². The third-order valence-electron chi connectivity index (χ3n) is 26.2. The molecule has 5 aliphatic carbocycles. The van der Waals surface area contributed by atoms with Gasteiger partial charge in [-0.3, -0.25) is 24.0 Å². The number of hydrogen-bond donors (Lipinski definition) is 0. The highest BCUT2D eigenvalue weighted by Gasteiger charge is 2.70. The molecule has 5 aromatic carbocycles. The predicted octanol–water partition coefficient (Wildman–Crippen LogP) is 13.8. The lowest BCUT2D eigenvalue weighted by Gasteiger charge is -2.71. The molecule has 0 bridgehead atoms. The van der Waals surface area contributed by atoms with E-state index in [1.165, 1.54) is 54.1 Å². The summed E-state index contributed by atoms with van der Waals surface area (Å²) in [7, 11) is 0. The van der Waals surface area contributed by atoms with Gasteiger partial charge in [-0.15, -0.1) is 0 Å². The summed E-state index contributed by atoms with van der Waals surface area (Å²) in [5.74, 6) is -7.07. The molecule has 0 amide bonds. The SMILES string of the molecule is CC(=O)OC[C@H]1O[C@@H](O[C@@H]2[C@@H](O[C@@H]3O[C@@H](C)[C@H](OC(=O)c4ccccc4)[C@@H](OC(=O)c4ccccc4)[C@H]3OC(=O)c3ccccc3)[C@H](O[C@H]3CC[C@]4(C)[C@H]5CC=C6[C@@H]7CC(C)(C)CC[C@]7(C(=O)OCc7ccccc7)CC[C@@]6(C)[C@]5(C)CC[C@H]4C3(C)C)OC[C@@H]2OC(=O)c2ccccc2)[C@H](OC(C)=O)[C@@H](OC(C)=O)[C@@H]1OC(C)=O. The smallest absolute Gasteiger partial charge is 0.338 e. The Hall–Kier alpha value is -9.17. The lowest BCUT2D eigenvalue weighted by Crippen LogP contribution is -2.68. The molecule has 5 aromatic rings. The van der Waals surface area contributed by atoms with Crippen LogP contribution in [0.25, 0.3) is 0 Å². The van der Waals surface area contributed by atoms with Gasteiger partial charge in [0.25, 0.3) is 0 Å². The molecule has 3 heterocycles. The molecule has 24 nitrogen and oxygen atoms in total. The fraction of sp³-hybridized carbons (Fsp3) is 0.544. The molecular weight excluding hydrogens is 1460 g/mol. The average molecular weight is 1570 g/mol. The Labute approximate surface area is 665 Å². The molecule has 4 saturated carbocycles. The second-order valence-corrected chi connectivity index (χ2v) is 34.1. The van der Waals surface area contributed by atoms with Crippen LogP contribution in [0.3, 0.4) is 0 Å². The van der Waals surface area contributed by atoms with Gasteiger partial charge < -0.3 is 71.1 Å². The first-order chi connectivity index (χ1) is 54.3. The fourth-order valence-electron chi connectivity index (χ4n) is 20.3. The summed E-state index contributed by atoms with van der Waals surface area (Å²) >= 11 is 0. The number of carbonyl (C=O) groups excluding carboxylic acids is 9. The zero-order valence-corrected chi connectivity index (χ0v) is 66.9. The minimum absolute atomic E-state index is 0.000867. The number of hydrogen-bond acceptors (Lipinski definition) is 24. The zero-order chi connectivity index (χ0) is 81.2. The van der Waals surface area contributed by atoms with E-state index in [9.17, 15) is 43.2 Å². The van der Waals surface area contributed by atoms with Crippen molar-refractivity contribution in [3.8, 4) is 0 Å². The molecule has 7 fully saturated rings. The maximum Gasteiger partial charge on any atom is 0.338 e. The summed E-state index contributed by atoms with van der Waals surface area (Å²) < 4.78 is 98.3. The third-order valence-corrected chi connectivity index (χ3v) is 26.2. The minimum Gasteiger partial charge on any atom is -0.463 e. The van der Waals surface area contributed by atoms with Crippen molar-refractivity contribution in [3.63, 3.8) is 0 Å². The molecule has 0 N–H and O–H groups in total. The standard InChI is InChI=1S/C90H106O24/c1-52-69(110-78(96)59-32-22-15-23-33-59)72(111-79(97)60-34-24-16-25-35-60)76(112-80(98)61-36-26-17-27-37-61)82(103-52)114-74-71(113-83-75(106-56(5)94)73(105-55(4)93)70(104-54(3)92)65(108-83)50-100-53(2)91)64(107-77(95)58-30-20-14-21-31-58)51-101-81(74)109-68-41-42-87(10)66(86(68,8)9)40-43-89(12)67(87)39-38-62-63-48-85(6,7)44-46-90(63,47-45-88(62,89)11)84(99)102-49-57-28-18-13-19-29-57/h13-38,52,63-76,81-83H,39-51H2,1-12H3/t52-,63-,64-,65+,66-,67+,68-,69-,70+,71-,72+,73-,74+,75+,76+,81-,82-,83-,87-,88+,89+,90-/m0/s1. The first-order valence-electron chi connectivity index (χ1n) is 39.8. The molecule has 8 aliphatic rings. The third kappa shape index (κ3) is 16.9. The first kappa shape index (κ1) is 82.8. The molecular formula is C90H106O24. The summed E-state index contributed by atoms with van der Waals surface area (Å²) in [5.41, 5.74) is 0.588. The van der Waals surface area contributed by atoms with Gasteiger partial charge in [-0.25, -0.2) is 19.2 Å². The summed E-state index contributed by atoms with van der Waals surface area (Å²) in [5, 5.41) is 0. The van der Waals surface area contributed by atoms with Gasteiger partial charge in [0.15, 0.2) is 61.6 Å². The molecule has 24 heteroatoms.